The minimum atomic E-state index is -3.67. The molecule has 0 spiro atoms. The van der Waals surface area contributed by atoms with E-state index in [1.54, 1.807) is 45.6 Å². The number of aliphatic carboxylic acids is 2. The maximum Gasteiger partial charge on any atom is 0.305 e. The van der Waals surface area contributed by atoms with Crippen LogP contribution in [0.3, 0.4) is 0 Å². The molecule has 4 N–H and O–H groups in total. The van der Waals surface area contributed by atoms with Gasteiger partial charge in [0.05, 0.1) is 48.8 Å². The van der Waals surface area contributed by atoms with E-state index in [9.17, 15) is 23.1 Å². The molecular weight excluding hydrogens is 825 g/mol. The summed E-state index contributed by atoms with van der Waals surface area (Å²) in [6, 6.07) is 6.69. The summed E-state index contributed by atoms with van der Waals surface area (Å²) in [4.78, 5) is 20.8. The predicted molar refractivity (Wildman–Crippen MR) is 257 cm³/mol. The topological polar surface area (TPSA) is 186 Å². The van der Waals surface area contributed by atoms with Crippen molar-refractivity contribution in [2.45, 2.75) is 244 Å². The number of benzene rings is 1. The third kappa shape index (κ3) is 46.2. The summed E-state index contributed by atoms with van der Waals surface area (Å²) >= 11 is 0. The smallest absolute Gasteiger partial charge is 0.305 e. The number of carboxylic acids is 2. The summed E-state index contributed by atoms with van der Waals surface area (Å²) in [6.45, 7) is 11.1. The Balaban J connectivity index is -0.000000792. The summed E-state index contributed by atoms with van der Waals surface area (Å²) in [7, 11) is 1.31. The predicted octanol–water partition coefficient (Wildman–Crippen LogP) is 12.2. The van der Waals surface area contributed by atoms with Gasteiger partial charge in [0.2, 0.25) is 0 Å². The first kappa shape index (κ1) is 65.2. The Bertz CT molecular complexity index is 1230. The molecule has 0 radical (unpaired) electrons. The van der Waals surface area contributed by atoms with Crippen molar-refractivity contribution in [3.63, 3.8) is 0 Å². The van der Waals surface area contributed by atoms with Crippen LogP contribution in [0.5, 0.6) is 0 Å². The normalized spacial score (nSPS) is 13.0. The van der Waals surface area contributed by atoms with Crippen molar-refractivity contribution in [1.82, 2.24) is 0 Å². The highest BCUT2D eigenvalue weighted by atomic mass is 32.2. The maximum atomic E-state index is 12.1. The fraction of sp³-hybridized carbons (Fsp3) is 0.840. The van der Waals surface area contributed by atoms with Crippen LogP contribution in [-0.2, 0) is 38.1 Å². The minimum Gasteiger partial charge on any atom is -0.481 e. The second kappa shape index (κ2) is 47.8. The number of carboxylic acid groups (broad SMARTS) is 2. The Morgan fingerprint density at radius 3 is 1.25 bits per heavy atom. The van der Waals surface area contributed by atoms with Gasteiger partial charge >= 0.3 is 11.9 Å². The number of hydrogen-bond acceptors (Lipinski definition) is 10. The molecule has 0 aliphatic rings. The van der Waals surface area contributed by atoms with Gasteiger partial charge in [0.15, 0.2) is 0 Å². The molecule has 374 valence electrons. The fourth-order valence-corrected chi connectivity index (χ4v) is 7.60. The molecule has 63 heavy (non-hydrogen) atoms. The SMILES string of the molecule is CCCCCCC[C@@H](O)CC(=O)O.CCCCCCC[C@H](CC(=O)O)OC.CCCCCCC[C@H](CCO)OC.CCCCCCC[C@H](CCOS(=O)(=O)c1ccc(C)cc1)OC. The number of aliphatic hydroxyl groups excluding tert-OH is 2. The van der Waals surface area contributed by atoms with Gasteiger partial charge < -0.3 is 34.6 Å². The first-order valence-electron chi connectivity index (χ1n) is 24.5. The van der Waals surface area contributed by atoms with Crippen molar-refractivity contribution < 1.29 is 56.8 Å². The van der Waals surface area contributed by atoms with Gasteiger partial charge in [-0.1, -0.05) is 174 Å². The van der Waals surface area contributed by atoms with Crippen LogP contribution in [0.15, 0.2) is 29.2 Å². The monoisotopic (exact) mass is 921 g/mol. The van der Waals surface area contributed by atoms with Crippen LogP contribution < -0.4 is 0 Å². The van der Waals surface area contributed by atoms with E-state index in [4.69, 9.17) is 33.7 Å². The molecule has 12 nitrogen and oxygen atoms in total. The number of methoxy groups -OCH3 is 3. The van der Waals surface area contributed by atoms with Crippen molar-refractivity contribution in [2.75, 3.05) is 34.5 Å². The Morgan fingerprint density at radius 1 is 0.524 bits per heavy atom. The van der Waals surface area contributed by atoms with E-state index in [-0.39, 0.29) is 49.3 Å². The van der Waals surface area contributed by atoms with Crippen molar-refractivity contribution in [3.8, 4) is 0 Å². The summed E-state index contributed by atoms with van der Waals surface area (Å²) < 4.78 is 45.0. The first-order valence-corrected chi connectivity index (χ1v) is 25.9. The largest absolute Gasteiger partial charge is 0.481 e. The molecule has 0 amide bonds. The van der Waals surface area contributed by atoms with Crippen molar-refractivity contribution in [2.24, 2.45) is 0 Å². The molecule has 0 aliphatic carbocycles. The molecule has 4 atom stereocenters. The number of carbonyl (C=O) groups is 2. The molecule has 0 saturated carbocycles. The second-order valence-corrected chi connectivity index (χ2v) is 18.2. The Hall–Kier alpha value is -2.13. The van der Waals surface area contributed by atoms with Gasteiger partial charge in [0.25, 0.3) is 10.1 Å². The molecule has 1 aromatic carbocycles. The molecule has 0 fully saturated rings. The zero-order chi connectivity index (χ0) is 48.0. The average Bonchev–Trinajstić information content (AvgIpc) is 3.25. The summed E-state index contributed by atoms with van der Waals surface area (Å²) in [5.41, 5.74) is 1.02. The standard InChI is InChI=1S/C18H30O4S.C11H22O3.C11H24O2.C10H20O3/c1-4-5-6-7-8-9-17(21-3)14-15-22-23(19,20)18-12-10-16(2)11-13-18;1-3-4-5-6-7-8-10(14-2)9-11(12)13;1-3-4-5-6-7-8-11(13-2)9-10-12;1-2-3-4-5-6-7-9(11)8-10(12)13/h10-13,17H,4-9,14-15H2,1-3H3;10H,3-9H2,1-2H3,(H,12,13);11-12H,3-10H2,1-2H3;9,11H,2-8H2,1H3,(H,12,13)/t17-;10-;11-;9-/m1111/s1. The molecule has 0 aromatic heterocycles. The van der Waals surface area contributed by atoms with E-state index < -0.39 is 28.2 Å². The van der Waals surface area contributed by atoms with Gasteiger partial charge in [-0.05, 0) is 57.6 Å². The molecule has 0 aliphatic heterocycles. The van der Waals surface area contributed by atoms with E-state index in [1.165, 1.54) is 103 Å². The van der Waals surface area contributed by atoms with Crippen molar-refractivity contribution >= 4 is 22.1 Å². The van der Waals surface area contributed by atoms with Crippen LogP contribution >= 0.6 is 0 Å². The van der Waals surface area contributed by atoms with Crippen LogP contribution in [0.4, 0.5) is 0 Å². The quantitative estimate of drug-likeness (QED) is 0.0364. The van der Waals surface area contributed by atoms with Gasteiger partial charge in [-0.3, -0.25) is 13.8 Å². The van der Waals surface area contributed by atoms with Gasteiger partial charge in [-0.15, -0.1) is 0 Å². The van der Waals surface area contributed by atoms with E-state index in [0.29, 0.717) is 12.8 Å². The molecule has 1 aromatic rings. The minimum absolute atomic E-state index is 0.0600. The number of rotatable bonds is 38. The highest BCUT2D eigenvalue weighted by Crippen LogP contribution is 2.17. The van der Waals surface area contributed by atoms with E-state index in [2.05, 4.69) is 27.7 Å². The van der Waals surface area contributed by atoms with Crippen LogP contribution in [0, 0.1) is 6.92 Å². The number of ether oxygens (including phenoxy) is 3. The molecule has 0 heterocycles. The zero-order valence-electron chi connectivity index (χ0n) is 41.3. The van der Waals surface area contributed by atoms with E-state index in [1.807, 2.05) is 6.92 Å². The lowest BCUT2D eigenvalue weighted by Gasteiger charge is -2.15. The van der Waals surface area contributed by atoms with Crippen molar-refractivity contribution in [3.05, 3.63) is 29.8 Å². The lowest BCUT2D eigenvalue weighted by Crippen LogP contribution is -2.16. The molecule has 1 rings (SSSR count). The van der Waals surface area contributed by atoms with E-state index in [0.717, 1.165) is 56.9 Å². The number of aryl methyl sites for hydroxylation is 1. The van der Waals surface area contributed by atoms with Gasteiger partial charge in [0.1, 0.15) is 0 Å². The summed E-state index contributed by atoms with van der Waals surface area (Å²) in [6.07, 6.45) is 28.8. The molecule has 13 heteroatoms. The Morgan fingerprint density at radius 2 is 0.889 bits per heavy atom. The fourth-order valence-electron chi connectivity index (χ4n) is 6.68. The average molecular weight is 921 g/mol. The number of aliphatic hydroxyl groups is 2. The highest BCUT2D eigenvalue weighted by Gasteiger charge is 2.17. The second-order valence-electron chi connectivity index (χ2n) is 16.6. The highest BCUT2D eigenvalue weighted by molar-refractivity contribution is 7.86. The molecule has 0 bridgehead atoms. The van der Waals surface area contributed by atoms with Gasteiger partial charge in [-0.2, -0.15) is 8.42 Å². The van der Waals surface area contributed by atoms with Gasteiger partial charge in [0, 0.05) is 27.9 Å². The third-order valence-electron chi connectivity index (χ3n) is 10.8. The van der Waals surface area contributed by atoms with Crippen LogP contribution in [0.1, 0.15) is 213 Å². The Labute approximate surface area is 385 Å². The summed E-state index contributed by atoms with van der Waals surface area (Å²) in [5.74, 6) is -1.69. The van der Waals surface area contributed by atoms with Crippen LogP contribution in [0.2, 0.25) is 0 Å². The first-order chi connectivity index (χ1) is 30.2. The molecule has 0 saturated heterocycles. The van der Waals surface area contributed by atoms with Crippen LogP contribution in [0.25, 0.3) is 0 Å². The van der Waals surface area contributed by atoms with Crippen LogP contribution in [-0.4, -0.2) is 99.7 Å². The lowest BCUT2D eigenvalue weighted by molar-refractivity contribution is -0.140. The molecular formula is C50H96O12S. The maximum absolute atomic E-state index is 12.1. The number of unbranched alkanes of at least 4 members (excludes halogenated alkanes) is 16. The van der Waals surface area contributed by atoms with E-state index >= 15 is 0 Å². The number of hydrogen-bond donors (Lipinski definition) is 4. The summed E-state index contributed by atoms with van der Waals surface area (Å²) in [5, 5.41) is 34.9. The lowest BCUT2D eigenvalue weighted by atomic mass is 10.1. The van der Waals surface area contributed by atoms with Gasteiger partial charge in [-0.25, -0.2) is 0 Å². The zero-order valence-corrected chi connectivity index (χ0v) is 42.1. The third-order valence-corrected chi connectivity index (χ3v) is 12.1. The Kier molecular flexibility index (Phi) is 49.5. The van der Waals surface area contributed by atoms with Crippen molar-refractivity contribution in [1.29, 1.82) is 0 Å². The molecule has 0 unspecified atom stereocenters.